The lowest BCUT2D eigenvalue weighted by Crippen LogP contribution is -2.42. The van der Waals surface area contributed by atoms with Gasteiger partial charge in [0.25, 0.3) is 21.8 Å². The minimum Gasteiger partial charge on any atom is -0.506 e. The van der Waals surface area contributed by atoms with Crippen molar-refractivity contribution in [3.05, 3.63) is 83.0 Å². The molecule has 2 fully saturated rings. The van der Waals surface area contributed by atoms with Crippen molar-refractivity contribution in [1.82, 2.24) is 19.1 Å². The number of urea groups is 1. The Morgan fingerprint density at radius 3 is 2.57 bits per heavy atom. The number of amides is 4. The Morgan fingerprint density at radius 1 is 1.08 bits per heavy atom. The number of nitrogens with zero attached hydrogens (tertiary/aromatic N) is 3. The van der Waals surface area contributed by atoms with Crippen LogP contribution in [0.5, 0.6) is 17.2 Å². The number of aromatic hydroxyl groups is 1. The number of aromatic nitrogens is 1. The number of hydrogen-bond donors (Lipinski definition) is 3. The fourth-order valence-electron chi connectivity index (χ4n) is 6.74. The number of benzene rings is 3. The van der Waals surface area contributed by atoms with Crippen molar-refractivity contribution in [2.24, 2.45) is 17.6 Å². The molecule has 1 saturated heterocycles. The minimum atomic E-state index is -4.69. The van der Waals surface area contributed by atoms with E-state index >= 15 is 0 Å². The molecule has 1 saturated carbocycles. The van der Waals surface area contributed by atoms with Gasteiger partial charge < -0.3 is 25.5 Å². The summed E-state index contributed by atoms with van der Waals surface area (Å²) in [7, 11) is -1.68. The van der Waals surface area contributed by atoms with Gasteiger partial charge in [0.15, 0.2) is 0 Å². The third-order valence-corrected chi connectivity index (χ3v) is 11.4. The molecule has 0 spiro atoms. The zero-order valence-electron chi connectivity index (χ0n) is 27.1. The van der Waals surface area contributed by atoms with Crippen molar-refractivity contribution in [3.8, 4) is 17.2 Å². The van der Waals surface area contributed by atoms with Crippen LogP contribution < -0.4 is 10.5 Å². The zero-order chi connectivity index (χ0) is 35.0. The SMILES string of the molecule is CN(C)C(=O)c1cc(S(=O)(=O)N2C(=O)N(CC3CCCC(CN)C3)C(=O)C2Cc2c[nH]c3ccccc23)ccc1Oc1ccc(O)c(Cl)c1. The summed E-state index contributed by atoms with van der Waals surface area (Å²) in [6, 6.07) is 13.0. The second-order valence-electron chi connectivity index (χ2n) is 12.8. The smallest absolute Gasteiger partial charge is 0.341 e. The third-order valence-electron chi connectivity index (χ3n) is 9.30. The molecule has 0 radical (unpaired) electrons. The van der Waals surface area contributed by atoms with E-state index in [1.807, 2.05) is 24.3 Å². The second kappa shape index (κ2) is 13.7. The molecule has 2 heterocycles. The van der Waals surface area contributed by atoms with E-state index in [2.05, 4.69) is 4.98 Å². The Kier molecular flexibility index (Phi) is 9.61. The molecule has 3 atom stereocenters. The Hall–Kier alpha value is -4.59. The van der Waals surface area contributed by atoms with Crippen LogP contribution in [-0.2, 0) is 21.2 Å². The maximum Gasteiger partial charge on any atom is 0.341 e. The highest BCUT2D eigenvalue weighted by atomic mass is 35.5. The van der Waals surface area contributed by atoms with Crippen LogP contribution in [-0.4, -0.2) is 83.7 Å². The number of phenolic OH excluding ortho intramolecular Hbond substituents is 1. The van der Waals surface area contributed by atoms with Crippen molar-refractivity contribution in [1.29, 1.82) is 0 Å². The summed E-state index contributed by atoms with van der Waals surface area (Å²) in [6.45, 7) is 0.604. The molecule has 12 nitrogen and oxygen atoms in total. The molecule has 4 aromatic rings. The number of phenols is 1. The molecule has 1 aliphatic carbocycles. The molecule has 0 bridgehead atoms. The molecule has 2 aliphatic rings. The topological polar surface area (TPSA) is 166 Å². The molecule has 4 N–H and O–H groups in total. The first kappa shape index (κ1) is 34.3. The number of fused-ring (bicyclic) bond motifs is 1. The lowest BCUT2D eigenvalue weighted by Gasteiger charge is -2.30. The maximum atomic E-state index is 14.5. The number of hydrogen-bond acceptors (Lipinski definition) is 8. The van der Waals surface area contributed by atoms with Gasteiger partial charge in [-0.3, -0.25) is 14.5 Å². The number of para-hydroxylation sites is 1. The van der Waals surface area contributed by atoms with Crippen LogP contribution in [0.15, 0.2) is 71.8 Å². The third kappa shape index (κ3) is 6.70. The number of sulfonamides is 1. The summed E-state index contributed by atoms with van der Waals surface area (Å²) in [6.07, 6.45) is 5.11. The molecule has 49 heavy (non-hydrogen) atoms. The van der Waals surface area contributed by atoms with Crippen LogP contribution in [0.2, 0.25) is 5.02 Å². The van der Waals surface area contributed by atoms with E-state index in [0.29, 0.717) is 16.4 Å². The number of carbonyl (C=O) groups is 3. The molecule has 258 valence electrons. The van der Waals surface area contributed by atoms with Crippen molar-refractivity contribution in [2.45, 2.75) is 43.0 Å². The van der Waals surface area contributed by atoms with Gasteiger partial charge in [-0.1, -0.05) is 36.2 Å². The van der Waals surface area contributed by atoms with E-state index in [1.165, 1.54) is 49.3 Å². The van der Waals surface area contributed by atoms with Crippen molar-refractivity contribution < 1.29 is 32.6 Å². The molecule has 3 aromatic carbocycles. The van der Waals surface area contributed by atoms with Crippen LogP contribution in [0.3, 0.4) is 0 Å². The number of ether oxygens (including phenoxy) is 1. The number of carbonyl (C=O) groups excluding carboxylic acids is 3. The molecule has 3 unspecified atom stereocenters. The van der Waals surface area contributed by atoms with E-state index < -0.39 is 33.9 Å². The van der Waals surface area contributed by atoms with Gasteiger partial charge in [0.05, 0.1) is 15.5 Å². The number of rotatable bonds is 10. The Balaban J connectivity index is 1.39. The highest BCUT2D eigenvalue weighted by molar-refractivity contribution is 7.89. The summed E-state index contributed by atoms with van der Waals surface area (Å²) in [5, 5.41) is 10.6. The number of nitrogens with two attached hydrogens (primary N) is 1. The number of H-pyrrole nitrogens is 1. The van der Waals surface area contributed by atoms with Crippen LogP contribution >= 0.6 is 11.6 Å². The van der Waals surface area contributed by atoms with E-state index in [1.54, 1.807) is 6.20 Å². The van der Waals surface area contributed by atoms with Crippen LogP contribution in [0.4, 0.5) is 4.79 Å². The normalized spacial score (nSPS) is 19.9. The fraction of sp³-hybridized carbons (Fsp3) is 0.343. The molecular weight excluding hydrogens is 670 g/mol. The van der Waals surface area contributed by atoms with Gasteiger partial charge in [-0.15, -0.1) is 0 Å². The molecule has 6 rings (SSSR count). The molecule has 1 aliphatic heterocycles. The lowest BCUT2D eigenvalue weighted by molar-refractivity contribution is -0.128. The largest absolute Gasteiger partial charge is 0.506 e. The van der Waals surface area contributed by atoms with E-state index in [-0.39, 0.29) is 57.5 Å². The highest BCUT2D eigenvalue weighted by Gasteiger charge is 2.52. The summed E-state index contributed by atoms with van der Waals surface area (Å²) in [4.78, 5) is 46.7. The number of imide groups is 1. The number of aromatic amines is 1. The van der Waals surface area contributed by atoms with Crippen LogP contribution in [0.25, 0.3) is 10.9 Å². The Morgan fingerprint density at radius 2 is 1.84 bits per heavy atom. The molecule has 1 aromatic heterocycles. The number of nitrogens with one attached hydrogen (secondary N) is 1. The van der Waals surface area contributed by atoms with Gasteiger partial charge in [0.2, 0.25) is 0 Å². The number of halogens is 1. The Labute approximate surface area is 289 Å². The minimum absolute atomic E-state index is 0.000688. The first-order valence-electron chi connectivity index (χ1n) is 16.1. The van der Waals surface area contributed by atoms with Crippen molar-refractivity contribution in [2.75, 3.05) is 27.2 Å². The van der Waals surface area contributed by atoms with Gasteiger partial charge in [0.1, 0.15) is 23.3 Å². The monoisotopic (exact) mass is 707 g/mol. The maximum absolute atomic E-state index is 14.5. The average molecular weight is 708 g/mol. The van der Waals surface area contributed by atoms with Crippen molar-refractivity contribution >= 4 is 50.4 Å². The Bertz CT molecular complexity index is 2030. The quantitative estimate of drug-likeness (QED) is 0.186. The second-order valence-corrected chi connectivity index (χ2v) is 15.0. The van der Waals surface area contributed by atoms with E-state index in [4.69, 9.17) is 22.1 Å². The highest BCUT2D eigenvalue weighted by Crippen LogP contribution is 2.37. The molecular formula is C35H38ClN5O7S. The molecule has 4 amide bonds. The standard InChI is InChI=1S/C35H38ClN5O7S/c1-39(2)33(43)27-17-25(11-13-32(27)48-24-10-12-31(42)28(36)16-24)49(46,47)41-30(15-23-19-38-29-9-4-3-8-26(23)29)34(44)40(35(41)45)20-22-7-5-6-21(14-22)18-37/h3-4,8-13,16-17,19,21-22,30,38,42H,5-7,14-15,18,20,37H2,1-2H3. The first-order valence-corrected chi connectivity index (χ1v) is 17.9. The lowest BCUT2D eigenvalue weighted by atomic mass is 9.81. The van der Waals surface area contributed by atoms with Gasteiger partial charge in [-0.25, -0.2) is 17.5 Å². The first-order chi connectivity index (χ1) is 23.4. The predicted octanol–water partition coefficient (Wildman–Crippen LogP) is 5.35. The summed E-state index contributed by atoms with van der Waals surface area (Å²) < 4.78 is 35.6. The zero-order valence-corrected chi connectivity index (χ0v) is 28.7. The molecule has 14 heteroatoms. The summed E-state index contributed by atoms with van der Waals surface area (Å²) in [5.74, 6) is -0.830. The van der Waals surface area contributed by atoms with Crippen LogP contribution in [0.1, 0.15) is 41.6 Å². The summed E-state index contributed by atoms with van der Waals surface area (Å²) >= 11 is 6.04. The summed E-state index contributed by atoms with van der Waals surface area (Å²) in [5.41, 5.74) is 7.34. The average Bonchev–Trinajstić information content (AvgIpc) is 3.60. The van der Waals surface area contributed by atoms with Crippen molar-refractivity contribution in [3.63, 3.8) is 0 Å². The predicted molar refractivity (Wildman–Crippen MR) is 184 cm³/mol. The van der Waals surface area contributed by atoms with Gasteiger partial charge >= 0.3 is 6.03 Å². The van der Waals surface area contributed by atoms with Gasteiger partial charge in [-0.2, -0.15) is 0 Å². The van der Waals surface area contributed by atoms with Gasteiger partial charge in [0, 0.05) is 50.2 Å². The van der Waals surface area contributed by atoms with E-state index in [0.717, 1.165) is 47.6 Å². The van der Waals surface area contributed by atoms with Gasteiger partial charge in [-0.05, 0) is 79.6 Å². The fourth-order valence-corrected chi connectivity index (χ4v) is 8.45. The van der Waals surface area contributed by atoms with Crippen LogP contribution in [0, 0.1) is 11.8 Å². The van der Waals surface area contributed by atoms with E-state index in [9.17, 15) is 27.9 Å².